The van der Waals surface area contributed by atoms with Crippen LogP contribution in [0.25, 0.3) is 0 Å². The lowest BCUT2D eigenvalue weighted by atomic mass is 9.94. The maximum Gasteiger partial charge on any atom is 0.338 e. The van der Waals surface area contributed by atoms with E-state index in [0.717, 1.165) is 32.1 Å². The van der Waals surface area contributed by atoms with Crippen molar-refractivity contribution in [2.24, 2.45) is 0 Å². The molecular formula is C16H19FO4. The van der Waals surface area contributed by atoms with E-state index < -0.39 is 29.8 Å². The van der Waals surface area contributed by atoms with E-state index in [1.165, 1.54) is 13.2 Å². The van der Waals surface area contributed by atoms with Gasteiger partial charge < -0.3 is 14.2 Å². The minimum absolute atomic E-state index is 0.343. The summed E-state index contributed by atoms with van der Waals surface area (Å²) in [5.41, 5.74) is 0.343. The van der Waals surface area contributed by atoms with Gasteiger partial charge in [-0.25, -0.2) is 9.18 Å². The predicted molar refractivity (Wildman–Crippen MR) is 72.9 cm³/mol. The fourth-order valence-electron chi connectivity index (χ4n) is 3.16. The summed E-state index contributed by atoms with van der Waals surface area (Å²) in [7, 11) is 1.30. The molecule has 2 aliphatic rings. The largest absolute Gasteiger partial charge is 0.467 e. The molecule has 0 aromatic heterocycles. The standard InChI is InChI=1S/C16H19FO4/c1-19-15(18)14-13(11-7-3-4-8-12(11)17)20-16(21-14)9-5-2-6-10-16/h3-4,7-8,13-14H,2,5-6,9-10H2,1H3/t13-,14+/m1/s1. The zero-order chi connectivity index (χ0) is 14.9. The quantitative estimate of drug-likeness (QED) is 0.786. The fraction of sp³-hybridized carbons (Fsp3) is 0.562. The Labute approximate surface area is 123 Å². The second kappa shape index (κ2) is 5.73. The van der Waals surface area contributed by atoms with E-state index in [9.17, 15) is 9.18 Å². The molecule has 2 atom stereocenters. The molecular weight excluding hydrogens is 275 g/mol. The monoisotopic (exact) mass is 294 g/mol. The predicted octanol–water partition coefficient (Wildman–Crippen LogP) is 3.12. The van der Waals surface area contributed by atoms with Crippen LogP contribution in [0, 0.1) is 5.82 Å². The van der Waals surface area contributed by atoms with Gasteiger partial charge in [0.05, 0.1) is 7.11 Å². The third kappa shape index (κ3) is 2.68. The van der Waals surface area contributed by atoms with Crippen LogP contribution < -0.4 is 0 Å². The Morgan fingerprint density at radius 1 is 1.24 bits per heavy atom. The summed E-state index contributed by atoms with van der Waals surface area (Å²) in [6.45, 7) is 0. The van der Waals surface area contributed by atoms with Gasteiger partial charge in [-0.1, -0.05) is 24.6 Å². The maximum atomic E-state index is 14.1. The van der Waals surface area contributed by atoms with Crippen molar-refractivity contribution in [2.75, 3.05) is 7.11 Å². The Morgan fingerprint density at radius 3 is 2.62 bits per heavy atom. The number of hydrogen-bond donors (Lipinski definition) is 0. The molecule has 1 aliphatic heterocycles. The SMILES string of the molecule is COC(=O)[C@H]1OC2(CCCCC2)O[C@@H]1c1ccccc1F. The van der Waals surface area contributed by atoms with Crippen molar-refractivity contribution in [1.29, 1.82) is 0 Å². The lowest BCUT2D eigenvalue weighted by Crippen LogP contribution is -2.35. The molecule has 1 heterocycles. The normalized spacial score (nSPS) is 27.7. The molecule has 4 nitrogen and oxygen atoms in total. The molecule has 0 radical (unpaired) electrons. The second-order valence-corrected chi connectivity index (χ2v) is 5.59. The van der Waals surface area contributed by atoms with Crippen LogP contribution in [0.2, 0.25) is 0 Å². The van der Waals surface area contributed by atoms with Crippen molar-refractivity contribution in [3.63, 3.8) is 0 Å². The molecule has 1 saturated carbocycles. The first-order valence-electron chi connectivity index (χ1n) is 7.33. The van der Waals surface area contributed by atoms with Gasteiger partial charge in [0.1, 0.15) is 11.9 Å². The van der Waals surface area contributed by atoms with Crippen LogP contribution in [-0.2, 0) is 19.0 Å². The molecule has 0 N–H and O–H groups in total. The highest BCUT2D eigenvalue weighted by Gasteiger charge is 2.52. The molecule has 0 unspecified atom stereocenters. The molecule has 21 heavy (non-hydrogen) atoms. The van der Waals surface area contributed by atoms with E-state index in [1.54, 1.807) is 18.2 Å². The average Bonchev–Trinajstić information content (AvgIpc) is 2.86. The first kappa shape index (κ1) is 14.5. The number of hydrogen-bond acceptors (Lipinski definition) is 4. The number of esters is 1. The topological polar surface area (TPSA) is 44.8 Å². The molecule has 1 aliphatic carbocycles. The van der Waals surface area contributed by atoms with Crippen LogP contribution >= 0.6 is 0 Å². The Kier molecular flexibility index (Phi) is 3.95. The number of ether oxygens (including phenoxy) is 3. The van der Waals surface area contributed by atoms with Gasteiger partial charge in [-0.05, 0) is 18.9 Å². The van der Waals surface area contributed by atoms with Crippen molar-refractivity contribution >= 4 is 5.97 Å². The summed E-state index contributed by atoms with van der Waals surface area (Å²) >= 11 is 0. The third-order valence-corrected chi connectivity index (χ3v) is 4.22. The van der Waals surface area contributed by atoms with Gasteiger partial charge in [0, 0.05) is 18.4 Å². The minimum Gasteiger partial charge on any atom is -0.467 e. The molecule has 1 aromatic rings. The van der Waals surface area contributed by atoms with Crippen molar-refractivity contribution in [3.8, 4) is 0 Å². The van der Waals surface area contributed by atoms with E-state index >= 15 is 0 Å². The van der Waals surface area contributed by atoms with Gasteiger partial charge in [-0.3, -0.25) is 0 Å². The summed E-state index contributed by atoms with van der Waals surface area (Å²) in [5, 5.41) is 0. The van der Waals surface area contributed by atoms with E-state index in [1.807, 2.05) is 0 Å². The smallest absolute Gasteiger partial charge is 0.338 e. The third-order valence-electron chi connectivity index (χ3n) is 4.22. The minimum atomic E-state index is -0.912. The van der Waals surface area contributed by atoms with Crippen LogP contribution in [0.15, 0.2) is 24.3 Å². The number of benzene rings is 1. The van der Waals surface area contributed by atoms with E-state index in [4.69, 9.17) is 14.2 Å². The van der Waals surface area contributed by atoms with E-state index in [-0.39, 0.29) is 0 Å². The first-order valence-corrected chi connectivity index (χ1v) is 7.33. The summed E-state index contributed by atoms with van der Waals surface area (Å²) < 4.78 is 30.8. The summed E-state index contributed by atoms with van der Waals surface area (Å²) in [6, 6.07) is 6.32. The highest BCUT2D eigenvalue weighted by atomic mass is 19.1. The van der Waals surface area contributed by atoms with Gasteiger partial charge in [0.15, 0.2) is 11.9 Å². The molecule has 0 bridgehead atoms. The molecule has 5 heteroatoms. The second-order valence-electron chi connectivity index (χ2n) is 5.59. The number of carbonyl (C=O) groups is 1. The highest BCUT2D eigenvalue weighted by molar-refractivity contribution is 5.76. The zero-order valence-electron chi connectivity index (χ0n) is 12.0. The first-order chi connectivity index (χ1) is 10.2. The van der Waals surface area contributed by atoms with Crippen LogP contribution in [0.1, 0.15) is 43.8 Å². The van der Waals surface area contributed by atoms with Crippen molar-refractivity contribution in [2.45, 2.75) is 50.1 Å². The maximum absolute atomic E-state index is 14.1. The average molecular weight is 294 g/mol. The van der Waals surface area contributed by atoms with Gasteiger partial charge in [0.25, 0.3) is 0 Å². The van der Waals surface area contributed by atoms with Crippen LogP contribution in [0.5, 0.6) is 0 Å². The van der Waals surface area contributed by atoms with Crippen molar-refractivity contribution in [1.82, 2.24) is 0 Å². The number of halogens is 1. The van der Waals surface area contributed by atoms with Gasteiger partial charge >= 0.3 is 5.97 Å². The van der Waals surface area contributed by atoms with Gasteiger partial charge in [-0.15, -0.1) is 0 Å². The number of carbonyl (C=O) groups excluding carboxylic acids is 1. The number of methoxy groups -OCH3 is 1. The summed E-state index contributed by atoms with van der Waals surface area (Å²) in [4.78, 5) is 12.0. The van der Waals surface area contributed by atoms with Crippen LogP contribution in [0.4, 0.5) is 4.39 Å². The number of rotatable bonds is 2. The van der Waals surface area contributed by atoms with Crippen molar-refractivity contribution in [3.05, 3.63) is 35.6 Å². The summed E-state index contributed by atoms with van der Waals surface area (Å²) in [5.74, 6) is -1.69. The molecule has 1 saturated heterocycles. The lowest BCUT2D eigenvalue weighted by Gasteiger charge is -2.31. The highest BCUT2D eigenvalue weighted by Crippen LogP contribution is 2.46. The Morgan fingerprint density at radius 2 is 1.95 bits per heavy atom. The lowest BCUT2D eigenvalue weighted by molar-refractivity contribution is -0.199. The molecule has 1 aromatic carbocycles. The zero-order valence-corrected chi connectivity index (χ0v) is 12.0. The van der Waals surface area contributed by atoms with Crippen LogP contribution in [-0.4, -0.2) is 25.0 Å². The Bertz CT molecular complexity index is 525. The summed E-state index contributed by atoms with van der Waals surface area (Å²) in [6.07, 6.45) is 2.88. The Hall–Kier alpha value is -1.46. The van der Waals surface area contributed by atoms with Gasteiger partial charge in [0.2, 0.25) is 0 Å². The molecule has 114 valence electrons. The van der Waals surface area contributed by atoms with Crippen LogP contribution in [0.3, 0.4) is 0 Å². The van der Waals surface area contributed by atoms with Gasteiger partial charge in [-0.2, -0.15) is 0 Å². The fourth-order valence-corrected chi connectivity index (χ4v) is 3.16. The van der Waals surface area contributed by atoms with E-state index in [0.29, 0.717) is 5.56 Å². The Balaban J connectivity index is 1.92. The molecule has 0 amide bonds. The molecule has 2 fully saturated rings. The van der Waals surface area contributed by atoms with Crippen molar-refractivity contribution < 1.29 is 23.4 Å². The molecule has 3 rings (SSSR count). The van der Waals surface area contributed by atoms with E-state index in [2.05, 4.69) is 0 Å². The molecule has 1 spiro atoms.